The third kappa shape index (κ3) is 3.30. The summed E-state index contributed by atoms with van der Waals surface area (Å²) >= 11 is 0. The Morgan fingerprint density at radius 3 is 2.24 bits per heavy atom. The van der Waals surface area contributed by atoms with E-state index in [4.69, 9.17) is 5.11 Å². The molecule has 1 saturated carbocycles. The van der Waals surface area contributed by atoms with E-state index in [1.165, 1.54) is 17.7 Å². The average Bonchev–Trinajstić information content (AvgIpc) is 2.97. The highest BCUT2D eigenvalue weighted by atomic mass is 16.4. The molecule has 3 aliphatic heterocycles. The van der Waals surface area contributed by atoms with Gasteiger partial charge in [-0.05, 0) is 38.5 Å². The molecule has 0 bridgehead atoms. The van der Waals surface area contributed by atoms with Gasteiger partial charge in [0.25, 0.3) is 0 Å². The third-order valence-corrected chi connectivity index (χ3v) is 6.77. The lowest BCUT2D eigenvalue weighted by molar-refractivity contribution is 0.0553. The topological polar surface area (TPSA) is 76.1 Å². The summed E-state index contributed by atoms with van der Waals surface area (Å²) in [6.07, 6.45) is 7.95. The Morgan fingerprint density at radius 2 is 1.56 bits per heavy atom. The Hall–Kier alpha value is -1.50. The molecule has 7 heteroatoms. The fourth-order valence-corrected chi connectivity index (χ4v) is 5.38. The van der Waals surface area contributed by atoms with Crippen molar-refractivity contribution < 1.29 is 14.7 Å². The molecule has 3 amide bonds. The van der Waals surface area contributed by atoms with Crippen molar-refractivity contribution in [2.75, 3.05) is 26.2 Å². The SMILES string of the molecule is O=C(O)N1CCC(N2CCC(N3C(=O)NC4CCCCC43)CC2)CC1. The first-order chi connectivity index (χ1) is 12.1. The summed E-state index contributed by atoms with van der Waals surface area (Å²) in [5, 5.41) is 12.3. The maximum Gasteiger partial charge on any atom is 0.407 e. The Morgan fingerprint density at radius 1 is 0.920 bits per heavy atom. The molecule has 140 valence electrons. The van der Waals surface area contributed by atoms with E-state index in [0.29, 0.717) is 37.3 Å². The first-order valence-electron chi connectivity index (χ1n) is 9.94. The molecule has 0 aromatic carbocycles. The van der Waals surface area contributed by atoms with E-state index in [0.717, 1.165) is 51.6 Å². The van der Waals surface area contributed by atoms with Crippen LogP contribution in [-0.4, -0.2) is 82.3 Å². The Kier molecular flexibility index (Phi) is 4.75. The van der Waals surface area contributed by atoms with Crippen molar-refractivity contribution in [3.05, 3.63) is 0 Å². The van der Waals surface area contributed by atoms with Crippen LogP contribution in [0.2, 0.25) is 0 Å². The van der Waals surface area contributed by atoms with Crippen LogP contribution in [0, 0.1) is 0 Å². The number of nitrogens with zero attached hydrogens (tertiary/aromatic N) is 3. The number of carbonyl (C=O) groups excluding carboxylic acids is 1. The normalized spacial score (nSPS) is 32.6. The summed E-state index contributed by atoms with van der Waals surface area (Å²) in [7, 11) is 0. The number of hydrogen-bond acceptors (Lipinski definition) is 3. The average molecular weight is 350 g/mol. The lowest BCUT2D eigenvalue weighted by Gasteiger charge is -2.44. The lowest BCUT2D eigenvalue weighted by Crippen LogP contribution is -2.53. The molecule has 0 aromatic heterocycles. The van der Waals surface area contributed by atoms with E-state index < -0.39 is 6.09 Å². The fourth-order valence-electron chi connectivity index (χ4n) is 5.38. The summed E-state index contributed by atoms with van der Waals surface area (Å²) in [4.78, 5) is 29.7. The van der Waals surface area contributed by atoms with E-state index >= 15 is 0 Å². The minimum absolute atomic E-state index is 0.158. The van der Waals surface area contributed by atoms with Crippen LogP contribution in [0.3, 0.4) is 0 Å². The van der Waals surface area contributed by atoms with Gasteiger partial charge in [-0.25, -0.2) is 9.59 Å². The predicted molar refractivity (Wildman–Crippen MR) is 93.6 cm³/mol. The molecule has 4 aliphatic rings. The van der Waals surface area contributed by atoms with Crippen molar-refractivity contribution >= 4 is 12.1 Å². The van der Waals surface area contributed by atoms with Crippen LogP contribution in [0.1, 0.15) is 51.4 Å². The smallest absolute Gasteiger partial charge is 0.407 e. The van der Waals surface area contributed by atoms with E-state index in [2.05, 4.69) is 15.1 Å². The number of carboxylic acid groups (broad SMARTS) is 1. The van der Waals surface area contributed by atoms with Gasteiger partial charge in [0.1, 0.15) is 0 Å². The summed E-state index contributed by atoms with van der Waals surface area (Å²) in [6, 6.07) is 1.83. The zero-order valence-electron chi connectivity index (χ0n) is 14.9. The van der Waals surface area contributed by atoms with Gasteiger partial charge in [0.05, 0.1) is 12.1 Å². The summed E-state index contributed by atoms with van der Waals surface area (Å²) in [5.74, 6) is 0. The van der Waals surface area contributed by atoms with Gasteiger partial charge in [0.15, 0.2) is 0 Å². The van der Waals surface area contributed by atoms with Crippen LogP contribution in [-0.2, 0) is 0 Å². The Bertz CT molecular complexity index is 512. The highest BCUT2D eigenvalue weighted by molar-refractivity contribution is 5.78. The van der Waals surface area contributed by atoms with Gasteiger partial charge < -0.3 is 25.1 Å². The van der Waals surface area contributed by atoms with Gasteiger partial charge in [-0.1, -0.05) is 12.8 Å². The molecule has 2 atom stereocenters. The number of nitrogens with one attached hydrogen (secondary N) is 1. The van der Waals surface area contributed by atoms with Crippen molar-refractivity contribution in [1.82, 2.24) is 20.0 Å². The van der Waals surface area contributed by atoms with Crippen molar-refractivity contribution in [2.24, 2.45) is 0 Å². The molecule has 4 rings (SSSR count). The monoisotopic (exact) mass is 350 g/mol. The first-order valence-corrected chi connectivity index (χ1v) is 9.94. The maximum absolute atomic E-state index is 12.5. The highest BCUT2D eigenvalue weighted by Gasteiger charge is 2.44. The van der Waals surface area contributed by atoms with Crippen molar-refractivity contribution in [1.29, 1.82) is 0 Å². The molecule has 25 heavy (non-hydrogen) atoms. The lowest BCUT2D eigenvalue weighted by atomic mass is 9.89. The molecule has 1 aliphatic carbocycles. The Labute approximate surface area is 149 Å². The molecule has 2 unspecified atom stereocenters. The number of amides is 3. The Balaban J connectivity index is 1.30. The largest absolute Gasteiger partial charge is 0.465 e. The van der Waals surface area contributed by atoms with Gasteiger partial charge in [0.2, 0.25) is 0 Å². The van der Waals surface area contributed by atoms with Gasteiger partial charge in [0, 0.05) is 38.3 Å². The fraction of sp³-hybridized carbons (Fsp3) is 0.889. The number of fused-ring (bicyclic) bond motifs is 1. The molecule has 7 nitrogen and oxygen atoms in total. The minimum atomic E-state index is -0.792. The summed E-state index contributed by atoms with van der Waals surface area (Å²) in [5.41, 5.74) is 0. The molecule has 4 fully saturated rings. The van der Waals surface area contributed by atoms with Crippen LogP contribution in [0.5, 0.6) is 0 Å². The second-order valence-electron chi connectivity index (χ2n) is 8.08. The zero-order chi connectivity index (χ0) is 17.4. The van der Waals surface area contributed by atoms with Gasteiger partial charge in [-0.2, -0.15) is 0 Å². The van der Waals surface area contributed by atoms with E-state index in [-0.39, 0.29) is 6.03 Å². The highest BCUT2D eigenvalue weighted by Crippen LogP contribution is 2.33. The van der Waals surface area contributed by atoms with Crippen molar-refractivity contribution in [2.45, 2.75) is 75.5 Å². The minimum Gasteiger partial charge on any atom is -0.465 e. The number of likely N-dealkylation sites (tertiary alicyclic amines) is 2. The predicted octanol–water partition coefficient (Wildman–Crippen LogP) is 1.93. The van der Waals surface area contributed by atoms with Crippen LogP contribution in [0.4, 0.5) is 9.59 Å². The van der Waals surface area contributed by atoms with E-state index in [1.807, 2.05) is 0 Å². The maximum atomic E-state index is 12.5. The molecule has 3 heterocycles. The molecule has 0 radical (unpaired) electrons. The molecule has 0 spiro atoms. The van der Waals surface area contributed by atoms with Crippen LogP contribution >= 0.6 is 0 Å². The van der Waals surface area contributed by atoms with Gasteiger partial charge in [-0.15, -0.1) is 0 Å². The second kappa shape index (κ2) is 7.02. The quantitative estimate of drug-likeness (QED) is 0.798. The van der Waals surface area contributed by atoms with Crippen molar-refractivity contribution in [3.8, 4) is 0 Å². The zero-order valence-corrected chi connectivity index (χ0v) is 14.9. The van der Waals surface area contributed by atoms with Crippen molar-refractivity contribution in [3.63, 3.8) is 0 Å². The molecular formula is C18H30N4O3. The van der Waals surface area contributed by atoms with E-state index in [1.54, 1.807) is 0 Å². The summed E-state index contributed by atoms with van der Waals surface area (Å²) < 4.78 is 0. The number of hydrogen-bond donors (Lipinski definition) is 2. The van der Waals surface area contributed by atoms with Crippen LogP contribution in [0.15, 0.2) is 0 Å². The first kappa shape index (κ1) is 16.9. The van der Waals surface area contributed by atoms with Gasteiger partial charge >= 0.3 is 12.1 Å². The number of piperidine rings is 2. The standard InChI is InChI=1S/C18H30N4O3/c23-17-19-15-3-1-2-4-16(15)22(17)14-7-9-20(10-8-14)13-5-11-21(12-6-13)18(24)25/h13-16H,1-12H2,(H,19,23)(H,24,25). The molecule has 3 saturated heterocycles. The van der Waals surface area contributed by atoms with Crippen LogP contribution in [0.25, 0.3) is 0 Å². The summed E-state index contributed by atoms with van der Waals surface area (Å²) in [6.45, 7) is 3.36. The van der Waals surface area contributed by atoms with Gasteiger partial charge in [-0.3, -0.25) is 0 Å². The molecule has 2 N–H and O–H groups in total. The second-order valence-corrected chi connectivity index (χ2v) is 8.08. The molecular weight excluding hydrogens is 320 g/mol. The third-order valence-electron chi connectivity index (χ3n) is 6.77. The van der Waals surface area contributed by atoms with E-state index in [9.17, 15) is 9.59 Å². The number of urea groups is 1. The molecule has 0 aromatic rings. The van der Waals surface area contributed by atoms with Crippen LogP contribution < -0.4 is 5.32 Å². The number of carbonyl (C=O) groups is 2. The number of rotatable bonds is 2.